The van der Waals surface area contributed by atoms with Gasteiger partial charge in [-0.3, -0.25) is 9.59 Å². The van der Waals surface area contributed by atoms with Crippen LogP contribution < -0.4 is 5.73 Å². The first-order valence-corrected chi connectivity index (χ1v) is 4.30. The van der Waals surface area contributed by atoms with E-state index in [0.717, 1.165) is 19.0 Å². The fourth-order valence-corrected chi connectivity index (χ4v) is 0.826. The molecule has 0 saturated heterocycles. The van der Waals surface area contributed by atoms with E-state index in [9.17, 15) is 9.59 Å². The van der Waals surface area contributed by atoms with Gasteiger partial charge < -0.3 is 15.4 Å². The third-order valence-electron chi connectivity index (χ3n) is 1.47. The molecule has 0 bridgehead atoms. The van der Waals surface area contributed by atoms with Crippen LogP contribution in [0.4, 0.5) is 0 Å². The van der Waals surface area contributed by atoms with Crippen LogP contribution in [0.5, 0.6) is 0 Å². The van der Waals surface area contributed by atoms with Crippen LogP contribution in [0.1, 0.15) is 6.42 Å². The third-order valence-corrected chi connectivity index (χ3v) is 1.47. The first-order valence-electron chi connectivity index (χ1n) is 4.30. The lowest BCUT2D eigenvalue weighted by molar-refractivity contribution is -0.118. The molecule has 0 unspecified atom stereocenters. The number of carbonyl (C=O) groups excluding carboxylic acids is 2. The van der Waals surface area contributed by atoms with Crippen molar-refractivity contribution in [2.75, 3.05) is 27.2 Å². The molecule has 0 radical (unpaired) electrons. The van der Waals surface area contributed by atoms with Crippen molar-refractivity contribution >= 4 is 12.2 Å². The van der Waals surface area contributed by atoms with Gasteiger partial charge in [0.15, 0.2) is 5.76 Å². The average Bonchev–Trinajstić information content (AvgIpc) is 2.09. The van der Waals surface area contributed by atoms with Gasteiger partial charge in [-0.1, -0.05) is 0 Å². The van der Waals surface area contributed by atoms with Gasteiger partial charge in [-0.2, -0.15) is 0 Å². The van der Waals surface area contributed by atoms with E-state index in [1.807, 2.05) is 19.0 Å². The Kier molecular flexibility index (Phi) is 6.39. The molecule has 14 heavy (non-hydrogen) atoms. The summed E-state index contributed by atoms with van der Waals surface area (Å²) >= 11 is 0. The molecule has 0 aliphatic carbocycles. The summed E-state index contributed by atoms with van der Waals surface area (Å²) in [4.78, 5) is 22.8. The summed E-state index contributed by atoms with van der Waals surface area (Å²) in [6.45, 7) is 1.23. The number of aldehydes is 1. The Morgan fingerprint density at radius 2 is 2.14 bits per heavy atom. The molecule has 0 atom stereocenters. The van der Waals surface area contributed by atoms with Crippen molar-refractivity contribution in [2.45, 2.75) is 6.42 Å². The summed E-state index contributed by atoms with van der Waals surface area (Å²) in [5.41, 5.74) is 4.96. The topological polar surface area (TPSA) is 72.6 Å². The minimum absolute atomic E-state index is 0.0845. The number of hydrogen-bond acceptors (Lipinski definition) is 4. The number of primary amides is 1. The third kappa shape index (κ3) is 6.19. The first kappa shape index (κ1) is 12.6. The number of ether oxygens (including phenoxy) is 1. The van der Waals surface area contributed by atoms with Crippen LogP contribution in [0, 0.1) is 0 Å². The van der Waals surface area contributed by atoms with Gasteiger partial charge >= 0.3 is 0 Å². The zero-order chi connectivity index (χ0) is 11.0. The number of hydrogen-bond donors (Lipinski definition) is 1. The molecule has 0 spiro atoms. The zero-order valence-electron chi connectivity index (χ0n) is 8.53. The van der Waals surface area contributed by atoms with E-state index in [2.05, 4.69) is 0 Å². The van der Waals surface area contributed by atoms with Gasteiger partial charge in [0.05, 0.1) is 6.61 Å². The van der Waals surface area contributed by atoms with E-state index in [1.165, 1.54) is 0 Å². The molecule has 1 amide bonds. The smallest absolute Gasteiger partial charge is 0.283 e. The van der Waals surface area contributed by atoms with Crippen molar-refractivity contribution in [3.05, 3.63) is 11.8 Å². The number of carbonyl (C=O) groups is 2. The second-order valence-electron chi connectivity index (χ2n) is 3.04. The molecule has 0 heterocycles. The highest BCUT2D eigenvalue weighted by Crippen LogP contribution is 1.96. The lowest BCUT2D eigenvalue weighted by Gasteiger charge is -2.10. The molecule has 0 aromatic heterocycles. The number of rotatable bonds is 7. The molecule has 0 aromatic rings. The number of allylic oxidation sites excluding steroid dienone is 1. The predicted molar refractivity (Wildman–Crippen MR) is 52.5 cm³/mol. The Morgan fingerprint density at radius 1 is 1.50 bits per heavy atom. The first-order chi connectivity index (χ1) is 6.57. The van der Waals surface area contributed by atoms with Crippen LogP contribution in [0.15, 0.2) is 11.8 Å². The average molecular weight is 200 g/mol. The van der Waals surface area contributed by atoms with Gasteiger partial charge in [0.1, 0.15) is 6.29 Å². The molecule has 5 nitrogen and oxygen atoms in total. The van der Waals surface area contributed by atoms with Gasteiger partial charge in [-0.05, 0) is 20.5 Å². The quantitative estimate of drug-likeness (QED) is 0.261. The lowest BCUT2D eigenvalue weighted by Crippen LogP contribution is -2.19. The van der Waals surface area contributed by atoms with Gasteiger partial charge in [-0.25, -0.2) is 0 Å². The van der Waals surface area contributed by atoms with Crippen molar-refractivity contribution in [1.82, 2.24) is 4.90 Å². The van der Waals surface area contributed by atoms with Crippen molar-refractivity contribution < 1.29 is 14.3 Å². The Morgan fingerprint density at radius 3 is 2.57 bits per heavy atom. The van der Waals surface area contributed by atoms with E-state index >= 15 is 0 Å². The maximum atomic E-state index is 10.7. The maximum Gasteiger partial charge on any atom is 0.283 e. The largest absolute Gasteiger partial charge is 0.488 e. The van der Waals surface area contributed by atoms with E-state index in [0.29, 0.717) is 12.9 Å². The van der Waals surface area contributed by atoms with Gasteiger partial charge in [0.25, 0.3) is 5.91 Å². The molecule has 2 N–H and O–H groups in total. The molecule has 0 rings (SSSR count). The summed E-state index contributed by atoms with van der Waals surface area (Å²) in [5, 5.41) is 0. The summed E-state index contributed by atoms with van der Waals surface area (Å²) < 4.78 is 5.02. The van der Waals surface area contributed by atoms with E-state index < -0.39 is 5.91 Å². The van der Waals surface area contributed by atoms with Crippen LogP contribution in [0.25, 0.3) is 0 Å². The molecule has 5 heteroatoms. The number of nitrogens with two attached hydrogens (primary N) is 1. The van der Waals surface area contributed by atoms with Crippen LogP contribution in [-0.4, -0.2) is 44.3 Å². The molecular weight excluding hydrogens is 184 g/mol. The standard InChI is InChI=1S/C9H16N2O3/c1-11(2)5-3-7-14-8(4-6-12)9(10)13/h4,6H,3,5,7H2,1-2H3,(H2,10,13). The van der Waals surface area contributed by atoms with E-state index in [1.54, 1.807) is 0 Å². The van der Waals surface area contributed by atoms with Crippen LogP contribution in [0.3, 0.4) is 0 Å². The van der Waals surface area contributed by atoms with Crippen molar-refractivity contribution in [3.8, 4) is 0 Å². The highest BCUT2D eigenvalue weighted by Gasteiger charge is 2.04. The molecule has 0 aliphatic heterocycles. The Labute approximate surface area is 83.5 Å². The van der Waals surface area contributed by atoms with Crippen molar-refractivity contribution in [1.29, 1.82) is 0 Å². The Bertz CT molecular complexity index is 224. The number of nitrogens with zero attached hydrogens (tertiary/aromatic N) is 1. The second-order valence-corrected chi connectivity index (χ2v) is 3.04. The molecule has 80 valence electrons. The summed E-state index contributed by atoms with van der Waals surface area (Å²) in [5.74, 6) is -0.805. The van der Waals surface area contributed by atoms with Crippen molar-refractivity contribution in [3.63, 3.8) is 0 Å². The monoisotopic (exact) mass is 200 g/mol. The van der Waals surface area contributed by atoms with Crippen LogP contribution in [-0.2, 0) is 14.3 Å². The highest BCUT2D eigenvalue weighted by atomic mass is 16.5. The van der Waals surface area contributed by atoms with Crippen molar-refractivity contribution in [2.24, 2.45) is 5.73 Å². The summed E-state index contributed by atoms with van der Waals surface area (Å²) in [7, 11) is 3.88. The maximum absolute atomic E-state index is 10.7. The normalized spacial score (nSPS) is 11.5. The lowest BCUT2D eigenvalue weighted by atomic mass is 10.4. The second kappa shape index (κ2) is 7.08. The molecular formula is C9H16N2O3. The van der Waals surface area contributed by atoms with Gasteiger partial charge in [0.2, 0.25) is 0 Å². The predicted octanol–water partition coefficient (Wildman–Crippen LogP) is -0.477. The summed E-state index contributed by atoms with van der Waals surface area (Å²) in [6, 6.07) is 0. The van der Waals surface area contributed by atoms with Gasteiger partial charge in [0, 0.05) is 12.6 Å². The molecule has 0 fully saturated rings. The minimum Gasteiger partial charge on any atom is -0.488 e. The molecule has 0 aromatic carbocycles. The SMILES string of the molecule is CN(C)CCCOC(=CC=O)C(N)=O. The number of amides is 1. The minimum atomic E-state index is -0.720. The van der Waals surface area contributed by atoms with E-state index in [4.69, 9.17) is 10.5 Å². The fraction of sp³-hybridized carbons (Fsp3) is 0.556. The summed E-state index contributed by atoms with van der Waals surface area (Å²) in [6.07, 6.45) is 2.28. The van der Waals surface area contributed by atoms with Crippen LogP contribution in [0.2, 0.25) is 0 Å². The highest BCUT2D eigenvalue weighted by molar-refractivity contribution is 5.93. The molecule has 0 saturated carbocycles. The Balaban J connectivity index is 3.79. The Hall–Kier alpha value is -1.36. The van der Waals surface area contributed by atoms with Crippen LogP contribution >= 0.6 is 0 Å². The fourth-order valence-electron chi connectivity index (χ4n) is 0.826. The van der Waals surface area contributed by atoms with Gasteiger partial charge in [-0.15, -0.1) is 0 Å². The van der Waals surface area contributed by atoms with E-state index in [-0.39, 0.29) is 5.76 Å². The zero-order valence-corrected chi connectivity index (χ0v) is 8.53. The molecule has 0 aliphatic rings.